The summed E-state index contributed by atoms with van der Waals surface area (Å²) >= 11 is 0. The topological polar surface area (TPSA) is 98.3 Å². The zero-order valence-electron chi connectivity index (χ0n) is 16.4. The van der Waals surface area contributed by atoms with Gasteiger partial charge >= 0.3 is 0 Å². The highest BCUT2D eigenvalue weighted by molar-refractivity contribution is 7.89. The Bertz CT molecular complexity index is 960. The number of nitro benzene ring substituents is 1. The summed E-state index contributed by atoms with van der Waals surface area (Å²) in [6, 6.07) is 3.99. The number of rotatable bonds is 6. The fourth-order valence-corrected chi connectivity index (χ4v) is 5.42. The lowest BCUT2D eigenvalue weighted by Crippen LogP contribution is -2.39. The summed E-state index contributed by atoms with van der Waals surface area (Å²) in [7, 11) is -3.75. The molecule has 8 nitrogen and oxygen atoms in total. The van der Waals surface area contributed by atoms with Crippen LogP contribution in [0, 0.1) is 23.0 Å². The maximum Gasteiger partial charge on any atom is 0.270 e. The minimum absolute atomic E-state index is 0.0249. The molecule has 1 saturated heterocycles. The molecule has 0 unspecified atom stereocenters. The molecule has 0 aliphatic carbocycles. The molecule has 0 N–H and O–H groups in total. The van der Waals surface area contributed by atoms with Gasteiger partial charge in [-0.05, 0) is 31.2 Å². The molecule has 0 bridgehead atoms. The van der Waals surface area contributed by atoms with Gasteiger partial charge in [0.1, 0.15) is 5.82 Å². The van der Waals surface area contributed by atoms with E-state index >= 15 is 0 Å². The van der Waals surface area contributed by atoms with Crippen molar-refractivity contribution >= 4 is 15.7 Å². The summed E-state index contributed by atoms with van der Waals surface area (Å²) < 4.78 is 29.7. The first-order valence-corrected chi connectivity index (χ1v) is 10.9. The minimum atomic E-state index is -3.75. The van der Waals surface area contributed by atoms with E-state index in [1.807, 2.05) is 6.20 Å². The molecule has 1 aromatic heterocycles. The van der Waals surface area contributed by atoms with Gasteiger partial charge in [0.05, 0.1) is 9.82 Å². The molecular formula is C19H26N4O4S. The SMILES string of the molecule is Cc1ccc([N+](=O)[O-])cc1S(=O)(=O)N1CCC(Cn2ccnc2C(C)C)CC1. The van der Waals surface area contributed by atoms with Gasteiger partial charge in [-0.25, -0.2) is 13.4 Å². The predicted molar refractivity (Wildman–Crippen MR) is 106 cm³/mol. The van der Waals surface area contributed by atoms with Crippen LogP contribution in [0.5, 0.6) is 0 Å². The van der Waals surface area contributed by atoms with E-state index < -0.39 is 14.9 Å². The van der Waals surface area contributed by atoms with Crippen LogP contribution in [-0.2, 0) is 16.6 Å². The third kappa shape index (κ3) is 4.10. The maximum atomic E-state index is 13.0. The first-order valence-electron chi connectivity index (χ1n) is 9.46. The summed E-state index contributed by atoms with van der Waals surface area (Å²) in [5.74, 6) is 1.76. The highest BCUT2D eigenvalue weighted by atomic mass is 32.2. The average Bonchev–Trinajstić information content (AvgIpc) is 3.10. The first-order chi connectivity index (χ1) is 13.2. The number of non-ortho nitro benzene ring substituents is 1. The summed E-state index contributed by atoms with van der Waals surface area (Å²) in [5, 5.41) is 11.0. The van der Waals surface area contributed by atoms with E-state index in [1.165, 1.54) is 16.4 Å². The minimum Gasteiger partial charge on any atom is -0.334 e. The Morgan fingerprint density at radius 3 is 2.57 bits per heavy atom. The molecule has 1 aliphatic rings. The lowest BCUT2D eigenvalue weighted by molar-refractivity contribution is -0.385. The number of nitro groups is 1. The van der Waals surface area contributed by atoms with E-state index in [0.29, 0.717) is 30.5 Å². The first kappa shape index (κ1) is 20.5. The standard InChI is InChI=1S/C19H26N4O4S/c1-14(2)19-20-8-11-21(19)13-16-6-9-22(10-7-16)28(26,27)18-12-17(23(24)25)5-4-15(18)3/h4-5,8,11-12,14,16H,6-7,9-10,13H2,1-3H3. The molecule has 0 radical (unpaired) electrons. The molecule has 0 spiro atoms. The molecule has 2 aromatic rings. The van der Waals surface area contributed by atoms with Gasteiger partial charge in [-0.1, -0.05) is 19.9 Å². The normalized spacial score (nSPS) is 16.6. The van der Waals surface area contributed by atoms with E-state index in [-0.39, 0.29) is 10.6 Å². The zero-order valence-corrected chi connectivity index (χ0v) is 17.2. The van der Waals surface area contributed by atoms with Gasteiger partial charge in [-0.2, -0.15) is 4.31 Å². The molecule has 152 valence electrons. The van der Waals surface area contributed by atoms with Crippen LogP contribution in [0.15, 0.2) is 35.5 Å². The number of hydrogen-bond acceptors (Lipinski definition) is 5. The van der Waals surface area contributed by atoms with Gasteiger partial charge in [-0.15, -0.1) is 0 Å². The van der Waals surface area contributed by atoms with E-state index in [1.54, 1.807) is 13.1 Å². The predicted octanol–water partition coefficient (Wildman–Crippen LogP) is 3.32. The Hall–Kier alpha value is -2.26. The van der Waals surface area contributed by atoms with Crippen molar-refractivity contribution in [2.75, 3.05) is 13.1 Å². The highest BCUT2D eigenvalue weighted by Crippen LogP contribution is 2.29. The van der Waals surface area contributed by atoms with Crippen LogP contribution in [0.3, 0.4) is 0 Å². The molecule has 28 heavy (non-hydrogen) atoms. The van der Waals surface area contributed by atoms with Crippen LogP contribution in [0.4, 0.5) is 5.69 Å². The molecule has 9 heteroatoms. The highest BCUT2D eigenvalue weighted by Gasteiger charge is 2.31. The van der Waals surface area contributed by atoms with Crippen LogP contribution < -0.4 is 0 Å². The number of nitrogens with zero attached hydrogens (tertiary/aromatic N) is 4. The van der Waals surface area contributed by atoms with E-state index in [4.69, 9.17) is 0 Å². The Morgan fingerprint density at radius 1 is 1.29 bits per heavy atom. The molecule has 1 fully saturated rings. The second-order valence-corrected chi connectivity index (χ2v) is 9.55. The second kappa shape index (κ2) is 8.00. The van der Waals surface area contributed by atoms with E-state index in [2.05, 4.69) is 23.4 Å². The van der Waals surface area contributed by atoms with Gasteiger partial charge in [0, 0.05) is 50.1 Å². The Labute approximate surface area is 165 Å². The Kier molecular flexibility index (Phi) is 5.85. The third-order valence-electron chi connectivity index (χ3n) is 5.29. The number of sulfonamides is 1. The van der Waals surface area contributed by atoms with Crippen LogP contribution in [0.1, 0.15) is 44.0 Å². The van der Waals surface area contributed by atoms with Crippen molar-refractivity contribution in [2.45, 2.75) is 51.0 Å². The third-order valence-corrected chi connectivity index (χ3v) is 7.33. The number of hydrogen-bond donors (Lipinski definition) is 0. The van der Waals surface area contributed by atoms with Crippen LogP contribution >= 0.6 is 0 Å². The number of imidazole rings is 1. The van der Waals surface area contributed by atoms with Crippen molar-refractivity contribution in [2.24, 2.45) is 5.92 Å². The second-order valence-electron chi connectivity index (χ2n) is 7.65. The van der Waals surface area contributed by atoms with Crippen LogP contribution in [-0.4, -0.2) is 40.3 Å². The number of piperidine rings is 1. The maximum absolute atomic E-state index is 13.0. The van der Waals surface area contributed by atoms with Crippen molar-refractivity contribution < 1.29 is 13.3 Å². The van der Waals surface area contributed by atoms with Gasteiger partial charge in [-0.3, -0.25) is 10.1 Å². The van der Waals surface area contributed by atoms with E-state index in [0.717, 1.165) is 31.3 Å². The average molecular weight is 407 g/mol. The number of aryl methyl sites for hydroxylation is 1. The van der Waals surface area contributed by atoms with Gasteiger partial charge < -0.3 is 4.57 Å². The van der Waals surface area contributed by atoms with Crippen LogP contribution in [0.2, 0.25) is 0 Å². The van der Waals surface area contributed by atoms with Crippen molar-refractivity contribution in [1.82, 2.24) is 13.9 Å². The summed E-state index contributed by atoms with van der Waals surface area (Å²) in [6.45, 7) is 7.54. The largest absolute Gasteiger partial charge is 0.334 e. The molecule has 1 aromatic carbocycles. The van der Waals surface area contributed by atoms with Crippen molar-refractivity contribution in [3.63, 3.8) is 0 Å². The summed E-state index contributed by atoms with van der Waals surface area (Å²) in [4.78, 5) is 14.9. The Balaban J connectivity index is 1.71. The molecule has 1 aliphatic heterocycles. The molecular weight excluding hydrogens is 380 g/mol. The zero-order chi connectivity index (χ0) is 20.5. The monoisotopic (exact) mass is 406 g/mol. The van der Waals surface area contributed by atoms with Gasteiger partial charge in [0.15, 0.2) is 0 Å². The van der Waals surface area contributed by atoms with Crippen LogP contribution in [0.25, 0.3) is 0 Å². The Morgan fingerprint density at radius 2 is 1.96 bits per heavy atom. The smallest absolute Gasteiger partial charge is 0.270 e. The molecule has 3 rings (SSSR count). The van der Waals surface area contributed by atoms with Gasteiger partial charge in [0.25, 0.3) is 5.69 Å². The fraction of sp³-hybridized carbons (Fsp3) is 0.526. The molecule has 0 atom stereocenters. The van der Waals surface area contributed by atoms with Gasteiger partial charge in [0.2, 0.25) is 10.0 Å². The summed E-state index contributed by atoms with van der Waals surface area (Å²) in [6.07, 6.45) is 5.29. The lowest BCUT2D eigenvalue weighted by Gasteiger charge is -2.32. The number of benzene rings is 1. The number of aromatic nitrogens is 2. The lowest BCUT2D eigenvalue weighted by atomic mass is 9.98. The van der Waals surface area contributed by atoms with Crippen molar-refractivity contribution in [3.8, 4) is 0 Å². The van der Waals surface area contributed by atoms with E-state index in [9.17, 15) is 18.5 Å². The molecule has 0 saturated carbocycles. The summed E-state index contributed by atoms with van der Waals surface area (Å²) in [5.41, 5.74) is 0.313. The molecule has 2 heterocycles. The fourth-order valence-electron chi connectivity index (χ4n) is 3.71. The quantitative estimate of drug-likeness (QED) is 0.541. The molecule has 0 amide bonds. The van der Waals surface area contributed by atoms with Crippen molar-refractivity contribution in [1.29, 1.82) is 0 Å². The van der Waals surface area contributed by atoms with Crippen molar-refractivity contribution in [3.05, 3.63) is 52.1 Å².